The fourth-order valence-electron chi connectivity index (χ4n) is 3.33. The van der Waals surface area contributed by atoms with Gasteiger partial charge in [0.25, 0.3) is 0 Å². The molecule has 1 saturated heterocycles. The molecule has 0 aromatic heterocycles. The lowest BCUT2D eigenvalue weighted by molar-refractivity contribution is 0.115. The highest BCUT2D eigenvalue weighted by Gasteiger charge is 2.27. The van der Waals surface area contributed by atoms with Crippen LogP contribution in [0.1, 0.15) is 58.1 Å². The van der Waals surface area contributed by atoms with E-state index in [4.69, 9.17) is 0 Å². The quantitative estimate of drug-likeness (QED) is 0.807. The number of hydrogen-bond donors (Lipinski definition) is 1. The van der Waals surface area contributed by atoms with E-state index < -0.39 is 0 Å². The minimum absolute atomic E-state index is 0.492. The van der Waals surface area contributed by atoms with Gasteiger partial charge in [-0.3, -0.25) is 4.90 Å². The van der Waals surface area contributed by atoms with Gasteiger partial charge in [-0.1, -0.05) is 63.4 Å². The number of hydrogen-bond acceptors (Lipinski definition) is 2. The van der Waals surface area contributed by atoms with Crippen molar-refractivity contribution in [1.29, 1.82) is 0 Å². The van der Waals surface area contributed by atoms with Crippen molar-refractivity contribution in [2.24, 2.45) is 5.92 Å². The summed E-state index contributed by atoms with van der Waals surface area (Å²) in [6, 6.07) is 12.0. The smallest absolute Gasteiger partial charge is 0.0449 e. The first-order valence-corrected chi connectivity index (χ1v) is 8.77. The second-order valence-corrected chi connectivity index (χ2v) is 6.59. The van der Waals surface area contributed by atoms with Crippen LogP contribution in [0, 0.1) is 5.92 Å². The fourth-order valence-corrected chi connectivity index (χ4v) is 3.33. The van der Waals surface area contributed by atoms with E-state index in [2.05, 4.69) is 61.3 Å². The first-order valence-electron chi connectivity index (χ1n) is 8.77. The van der Waals surface area contributed by atoms with Crippen molar-refractivity contribution < 1.29 is 0 Å². The molecule has 0 bridgehead atoms. The SMILES string of the molecule is CCCCC(CC)CN1CC(c2ccccc2)NCC1C. The summed E-state index contributed by atoms with van der Waals surface area (Å²) in [4.78, 5) is 2.71. The molecule has 2 rings (SSSR count). The van der Waals surface area contributed by atoms with Crippen molar-refractivity contribution in [2.75, 3.05) is 19.6 Å². The molecule has 2 heteroatoms. The van der Waals surface area contributed by atoms with E-state index >= 15 is 0 Å². The summed E-state index contributed by atoms with van der Waals surface area (Å²) in [5, 5.41) is 3.71. The van der Waals surface area contributed by atoms with Crippen LogP contribution < -0.4 is 5.32 Å². The monoisotopic (exact) mass is 288 g/mol. The van der Waals surface area contributed by atoms with E-state index in [1.165, 1.54) is 37.8 Å². The molecule has 21 heavy (non-hydrogen) atoms. The highest BCUT2D eigenvalue weighted by molar-refractivity contribution is 5.20. The lowest BCUT2D eigenvalue weighted by atomic mass is 9.96. The molecule has 3 unspecified atom stereocenters. The first-order chi connectivity index (χ1) is 10.2. The topological polar surface area (TPSA) is 15.3 Å². The van der Waals surface area contributed by atoms with Crippen molar-refractivity contribution in [1.82, 2.24) is 10.2 Å². The Morgan fingerprint density at radius 3 is 2.67 bits per heavy atom. The maximum atomic E-state index is 3.71. The molecule has 1 aliphatic rings. The average Bonchev–Trinajstić information content (AvgIpc) is 2.54. The van der Waals surface area contributed by atoms with E-state index in [1.807, 2.05) is 0 Å². The van der Waals surface area contributed by atoms with Gasteiger partial charge in [0, 0.05) is 31.7 Å². The van der Waals surface area contributed by atoms with Crippen LogP contribution in [0.2, 0.25) is 0 Å². The van der Waals surface area contributed by atoms with Gasteiger partial charge in [-0.05, 0) is 24.8 Å². The van der Waals surface area contributed by atoms with Crippen molar-refractivity contribution in [2.45, 2.75) is 58.5 Å². The zero-order valence-electron chi connectivity index (χ0n) is 14.0. The summed E-state index contributed by atoms with van der Waals surface area (Å²) >= 11 is 0. The van der Waals surface area contributed by atoms with Crippen LogP contribution in [-0.4, -0.2) is 30.6 Å². The molecule has 3 atom stereocenters. The van der Waals surface area contributed by atoms with Crippen molar-refractivity contribution >= 4 is 0 Å². The molecule has 1 aromatic rings. The molecule has 1 fully saturated rings. The van der Waals surface area contributed by atoms with Crippen LogP contribution in [0.25, 0.3) is 0 Å². The summed E-state index contributed by atoms with van der Waals surface area (Å²) in [5.74, 6) is 0.863. The number of benzene rings is 1. The third-order valence-electron chi connectivity index (χ3n) is 4.94. The van der Waals surface area contributed by atoms with E-state index in [1.54, 1.807) is 0 Å². The van der Waals surface area contributed by atoms with Gasteiger partial charge >= 0.3 is 0 Å². The van der Waals surface area contributed by atoms with Gasteiger partial charge < -0.3 is 5.32 Å². The van der Waals surface area contributed by atoms with E-state index in [0.717, 1.165) is 19.0 Å². The van der Waals surface area contributed by atoms with Crippen molar-refractivity contribution in [3.63, 3.8) is 0 Å². The van der Waals surface area contributed by atoms with Crippen LogP contribution >= 0.6 is 0 Å². The van der Waals surface area contributed by atoms with E-state index in [0.29, 0.717) is 12.1 Å². The van der Waals surface area contributed by atoms with Gasteiger partial charge in [-0.2, -0.15) is 0 Å². The number of unbranched alkanes of at least 4 members (excludes halogenated alkanes) is 1. The van der Waals surface area contributed by atoms with Gasteiger partial charge in [0.15, 0.2) is 0 Å². The Balaban J connectivity index is 1.94. The summed E-state index contributed by atoms with van der Waals surface area (Å²) < 4.78 is 0. The molecule has 118 valence electrons. The third-order valence-corrected chi connectivity index (χ3v) is 4.94. The number of rotatable bonds is 7. The number of piperazine rings is 1. The first kappa shape index (κ1) is 16.5. The molecule has 0 spiro atoms. The number of nitrogens with one attached hydrogen (secondary N) is 1. The second-order valence-electron chi connectivity index (χ2n) is 6.59. The Morgan fingerprint density at radius 1 is 1.24 bits per heavy atom. The molecule has 1 aromatic carbocycles. The molecule has 0 saturated carbocycles. The summed E-state index contributed by atoms with van der Waals surface area (Å²) in [5.41, 5.74) is 1.43. The normalized spacial score (nSPS) is 24.9. The minimum Gasteiger partial charge on any atom is -0.307 e. The Labute approximate surface area is 130 Å². The molecule has 0 aliphatic carbocycles. The lowest BCUT2D eigenvalue weighted by Crippen LogP contribution is -2.52. The Bertz CT molecular complexity index is 390. The number of nitrogens with zero attached hydrogens (tertiary/aromatic N) is 1. The molecule has 0 radical (unpaired) electrons. The van der Waals surface area contributed by atoms with Crippen LogP contribution in [0.5, 0.6) is 0 Å². The molecular formula is C19H32N2. The largest absolute Gasteiger partial charge is 0.307 e. The molecule has 1 aliphatic heterocycles. The molecule has 1 heterocycles. The Hall–Kier alpha value is -0.860. The molecule has 1 N–H and O–H groups in total. The second kappa shape index (κ2) is 8.55. The molecular weight excluding hydrogens is 256 g/mol. The zero-order valence-corrected chi connectivity index (χ0v) is 14.0. The standard InChI is InChI=1S/C19H32N2/c1-4-6-10-17(5-2)14-21-15-19(20-13-16(21)3)18-11-8-7-9-12-18/h7-9,11-12,16-17,19-20H,4-6,10,13-15H2,1-3H3. The van der Waals surface area contributed by atoms with Gasteiger partial charge in [0.05, 0.1) is 0 Å². The molecule has 2 nitrogen and oxygen atoms in total. The lowest BCUT2D eigenvalue weighted by Gasteiger charge is -2.40. The Kier molecular flexibility index (Phi) is 6.72. The van der Waals surface area contributed by atoms with E-state index in [-0.39, 0.29) is 0 Å². The summed E-state index contributed by atoms with van der Waals surface area (Å²) in [6.45, 7) is 10.5. The zero-order chi connectivity index (χ0) is 15.1. The summed E-state index contributed by atoms with van der Waals surface area (Å²) in [7, 11) is 0. The maximum absolute atomic E-state index is 3.71. The third kappa shape index (κ3) is 4.82. The van der Waals surface area contributed by atoms with Crippen LogP contribution in [0.15, 0.2) is 30.3 Å². The van der Waals surface area contributed by atoms with Gasteiger partial charge in [0.1, 0.15) is 0 Å². The van der Waals surface area contributed by atoms with Crippen LogP contribution in [0.3, 0.4) is 0 Å². The predicted octanol–water partition coefficient (Wildman–Crippen LogP) is 4.24. The van der Waals surface area contributed by atoms with Gasteiger partial charge in [-0.25, -0.2) is 0 Å². The van der Waals surface area contributed by atoms with Crippen molar-refractivity contribution in [3.05, 3.63) is 35.9 Å². The fraction of sp³-hybridized carbons (Fsp3) is 0.684. The highest BCUT2D eigenvalue weighted by Crippen LogP contribution is 2.23. The van der Waals surface area contributed by atoms with E-state index in [9.17, 15) is 0 Å². The Morgan fingerprint density at radius 2 is 2.00 bits per heavy atom. The van der Waals surface area contributed by atoms with Crippen LogP contribution in [-0.2, 0) is 0 Å². The minimum atomic E-state index is 0.492. The molecule has 0 amide bonds. The van der Waals surface area contributed by atoms with Gasteiger partial charge in [-0.15, -0.1) is 0 Å². The van der Waals surface area contributed by atoms with Crippen molar-refractivity contribution in [3.8, 4) is 0 Å². The average molecular weight is 288 g/mol. The summed E-state index contributed by atoms with van der Waals surface area (Å²) in [6.07, 6.45) is 5.40. The van der Waals surface area contributed by atoms with Gasteiger partial charge in [0.2, 0.25) is 0 Å². The maximum Gasteiger partial charge on any atom is 0.0449 e. The predicted molar refractivity (Wildman–Crippen MR) is 91.5 cm³/mol. The highest BCUT2D eigenvalue weighted by atomic mass is 15.2. The van der Waals surface area contributed by atoms with Crippen LogP contribution in [0.4, 0.5) is 0 Å².